The van der Waals surface area contributed by atoms with Crippen LogP contribution >= 0.6 is 11.6 Å². The van der Waals surface area contributed by atoms with Crippen LogP contribution in [-0.2, 0) is 22.6 Å². The molecule has 1 amide bonds. The van der Waals surface area contributed by atoms with Gasteiger partial charge in [0.2, 0.25) is 5.91 Å². The van der Waals surface area contributed by atoms with Crippen LogP contribution in [0.2, 0.25) is 5.02 Å². The molecule has 172 valence electrons. The van der Waals surface area contributed by atoms with E-state index in [0.717, 1.165) is 67.4 Å². The molecule has 1 heterocycles. The molecule has 0 unspecified atom stereocenters. The highest BCUT2D eigenvalue weighted by atomic mass is 35.5. The summed E-state index contributed by atoms with van der Waals surface area (Å²) >= 11 is 6.20. The number of unbranched alkanes of at least 4 members (excludes halogenated alkanes) is 8. The van der Waals surface area contributed by atoms with Gasteiger partial charge in [0.05, 0.1) is 6.42 Å². The number of fused-ring (bicyclic) bond motifs is 1. The third-order valence-electron chi connectivity index (χ3n) is 5.96. The van der Waals surface area contributed by atoms with E-state index in [0.29, 0.717) is 17.9 Å². The molecule has 0 aliphatic heterocycles. The third kappa shape index (κ3) is 8.21. The van der Waals surface area contributed by atoms with Crippen molar-refractivity contribution in [2.24, 2.45) is 0 Å². The first-order chi connectivity index (χ1) is 14.9. The number of hydrogen-bond acceptors (Lipinski definition) is 2. The summed E-state index contributed by atoms with van der Waals surface area (Å²) in [5, 5.41) is 13.4. The second-order valence-corrected chi connectivity index (χ2v) is 8.76. The number of nitrogens with zero attached hydrogens (tertiary/aromatic N) is 1. The number of carbonyl (C=O) groups is 2. The molecule has 0 aliphatic carbocycles. The average molecular weight is 449 g/mol. The van der Waals surface area contributed by atoms with E-state index in [4.69, 9.17) is 16.7 Å². The van der Waals surface area contributed by atoms with Crippen LogP contribution in [-0.4, -0.2) is 28.1 Å². The van der Waals surface area contributed by atoms with E-state index in [-0.39, 0.29) is 5.91 Å². The van der Waals surface area contributed by atoms with E-state index in [1.54, 1.807) is 0 Å². The topological polar surface area (TPSA) is 71.3 Å². The van der Waals surface area contributed by atoms with Gasteiger partial charge in [0.1, 0.15) is 0 Å². The predicted molar refractivity (Wildman–Crippen MR) is 128 cm³/mol. The minimum absolute atomic E-state index is 0.0691. The van der Waals surface area contributed by atoms with Crippen LogP contribution in [0.5, 0.6) is 0 Å². The Hall–Kier alpha value is -2.01. The van der Waals surface area contributed by atoms with E-state index in [2.05, 4.69) is 23.7 Å². The fraction of sp³-hybridized carbons (Fsp3) is 0.600. The molecular weight excluding hydrogens is 412 g/mol. The molecule has 2 N–H and O–H groups in total. The zero-order valence-electron chi connectivity index (χ0n) is 19.0. The maximum absolute atomic E-state index is 12.5. The van der Waals surface area contributed by atoms with E-state index < -0.39 is 5.97 Å². The molecule has 0 saturated heterocycles. The Morgan fingerprint density at radius 1 is 1.00 bits per heavy atom. The van der Waals surface area contributed by atoms with E-state index in [1.807, 2.05) is 18.2 Å². The van der Waals surface area contributed by atoms with Crippen molar-refractivity contribution in [3.63, 3.8) is 0 Å². The standard InChI is InChI=1S/C25H37ClN2O3/c1-3-28-19(2)21(22-17-20(26)14-15-23(22)28)18-24(29)27-16-12-10-8-6-4-5-7-9-11-13-25(30)31/h14-15,17H,3-13,16,18H2,1-2H3,(H,27,29)(H,30,31). The van der Waals surface area contributed by atoms with Crippen LogP contribution < -0.4 is 5.32 Å². The lowest BCUT2D eigenvalue weighted by Crippen LogP contribution is -2.26. The number of aryl methyl sites for hydroxylation is 1. The molecule has 0 radical (unpaired) electrons. The molecule has 1 aromatic carbocycles. The minimum Gasteiger partial charge on any atom is -0.481 e. The van der Waals surface area contributed by atoms with Crippen molar-refractivity contribution in [3.8, 4) is 0 Å². The summed E-state index contributed by atoms with van der Waals surface area (Å²) in [5.74, 6) is -0.626. The van der Waals surface area contributed by atoms with Crippen molar-refractivity contribution in [1.82, 2.24) is 9.88 Å². The number of carboxylic acid groups (broad SMARTS) is 1. The van der Waals surface area contributed by atoms with Crippen LogP contribution in [0.3, 0.4) is 0 Å². The number of aromatic nitrogens is 1. The van der Waals surface area contributed by atoms with E-state index in [1.165, 1.54) is 25.7 Å². The first-order valence-electron chi connectivity index (χ1n) is 11.7. The van der Waals surface area contributed by atoms with Crippen molar-refractivity contribution in [1.29, 1.82) is 0 Å². The molecule has 0 fully saturated rings. The van der Waals surface area contributed by atoms with Gasteiger partial charge in [0, 0.05) is 41.1 Å². The normalized spacial score (nSPS) is 11.2. The summed E-state index contributed by atoms with van der Waals surface area (Å²) in [6, 6.07) is 5.90. The fourth-order valence-corrected chi connectivity index (χ4v) is 4.42. The van der Waals surface area contributed by atoms with E-state index >= 15 is 0 Å². The molecule has 2 aromatic rings. The summed E-state index contributed by atoms with van der Waals surface area (Å²) in [6.07, 6.45) is 10.5. The summed E-state index contributed by atoms with van der Waals surface area (Å²) in [6.45, 7) is 5.78. The third-order valence-corrected chi connectivity index (χ3v) is 6.19. The molecular formula is C25H37ClN2O3. The van der Waals surface area contributed by atoms with Gasteiger partial charge in [-0.2, -0.15) is 0 Å². The van der Waals surface area contributed by atoms with Gasteiger partial charge in [-0.25, -0.2) is 0 Å². The lowest BCUT2D eigenvalue weighted by molar-refractivity contribution is -0.137. The van der Waals surface area contributed by atoms with Crippen molar-refractivity contribution in [2.75, 3.05) is 6.54 Å². The summed E-state index contributed by atoms with van der Waals surface area (Å²) in [4.78, 5) is 23.0. The second-order valence-electron chi connectivity index (χ2n) is 8.32. The Labute approximate surface area is 191 Å². The number of aliphatic carboxylic acids is 1. The Balaban J connectivity index is 1.62. The van der Waals surface area contributed by atoms with Gasteiger partial charge in [0.25, 0.3) is 0 Å². The predicted octanol–water partition coefficient (Wildman–Crippen LogP) is 6.27. The number of benzene rings is 1. The molecule has 1 aromatic heterocycles. The van der Waals surface area contributed by atoms with Crippen LogP contribution in [0.1, 0.15) is 82.4 Å². The van der Waals surface area contributed by atoms with Crippen molar-refractivity contribution < 1.29 is 14.7 Å². The summed E-state index contributed by atoms with van der Waals surface area (Å²) in [7, 11) is 0. The molecule has 6 heteroatoms. The Kier molecular flexibility index (Phi) is 10.9. The number of amides is 1. The Bertz CT molecular complexity index is 860. The number of halogens is 1. The van der Waals surface area contributed by atoms with Crippen LogP contribution in [0.4, 0.5) is 0 Å². The lowest BCUT2D eigenvalue weighted by atomic mass is 10.1. The lowest BCUT2D eigenvalue weighted by Gasteiger charge is -2.07. The number of carboxylic acids is 1. The number of rotatable bonds is 15. The summed E-state index contributed by atoms with van der Waals surface area (Å²) in [5.41, 5.74) is 3.34. The van der Waals surface area contributed by atoms with Gasteiger partial charge >= 0.3 is 5.97 Å². The summed E-state index contributed by atoms with van der Waals surface area (Å²) < 4.78 is 2.24. The van der Waals surface area contributed by atoms with E-state index in [9.17, 15) is 9.59 Å². The first kappa shape index (κ1) is 25.3. The Morgan fingerprint density at radius 2 is 1.61 bits per heavy atom. The zero-order chi connectivity index (χ0) is 22.6. The van der Waals surface area contributed by atoms with Gasteiger partial charge in [-0.1, -0.05) is 56.5 Å². The van der Waals surface area contributed by atoms with Crippen molar-refractivity contribution in [2.45, 2.75) is 91.0 Å². The van der Waals surface area contributed by atoms with Gasteiger partial charge in [-0.15, -0.1) is 0 Å². The number of nitrogens with one attached hydrogen (secondary N) is 1. The molecule has 0 atom stereocenters. The van der Waals surface area contributed by atoms with Crippen LogP contribution in [0, 0.1) is 6.92 Å². The highest BCUT2D eigenvalue weighted by Gasteiger charge is 2.16. The fourth-order valence-electron chi connectivity index (χ4n) is 4.24. The molecule has 2 rings (SSSR count). The molecule has 31 heavy (non-hydrogen) atoms. The highest BCUT2D eigenvalue weighted by Crippen LogP contribution is 2.29. The van der Waals surface area contributed by atoms with Gasteiger partial charge < -0.3 is 15.0 Å². The largest absolute Gasteiger partial charge is 0.481 e. The van der Waals surface area contributed by atoms with Crippen LogP contribution in [0.25, 0.3) is 10.9 Å². The maximum atomic E-state index is 12.5. The molecule has 0 bridgehead atoms. The minimum atomic E-state index is -0.695. The van der Waals surface area contributed by atoms with Gasteiger partial charge in [-0.05, 0) is 50.5 Å². The molecule has 5 nitrogen and oxygen atoms in total. The highest BCUT2D eigenvalue weighted by molar-refractivity contribution is 6.31. The zero-order valence-corrected chi connectivity index (χ0v) is 19.8. The number of carbonyl (C=O) groups excluding carboxylic acids is 1. The maximum Gasteiger partial charge on any atom is 0.303 e. The smallest absolute Gasteiger partial charge is 0.303 e. The second kappa shape index (κ2) is 13.4. The Morgan fingerprint density at radius 3 is 2.23 bits per heavy atom. The SMILES string of the molecule is CCn1c(C)c(CC(=O)NCCCCCCCCCCCC(=O)O)c2cc(Cl)ccc21. The van der Waals surface area contributed by atoms with Crippen molar-refractivity contribution in [3.05, 3.63) is 34.5 Å². The number of hydrogen-bond donors (Lipinski definition) is 2. The van der Waals surface area contributed by atoms with Gasteiger partial charge in [-0.3, -0.25) is 9.59 Å². The quantitative estimate of drug-likeness (QED) is 0.315. The monoisotopic (exact) mass is 448 g/mol. The van der Waals surface area contributed by atoms with Crippen LogP contribution in [0.15, 0.2) is 18.2 Å². The molecule has 0 saturated carbocycles. The van der Waals surface area contributed by atoms with Gasteiger partial charge in [0.15, 0.2) is 0 Å². The van der Waals surface area contributed by atoms with Crippen molar-refractivity contribution >= 4 is 34.4 Å². The molecule has 0 aliphatic rings. The average Bonchev–Trinajstić information content (AvgIpc) is 2.98. The first-order valence-corrected chi connectivity index (χ1v) is 12.1. The molecule has 0 spiro atoms.